The van der Waals surface area contributed by atoms with Gasteiger partial charge in [-0.15, -0.1) is 0 Å². The maximum absolute atomic E-state index is 12.2. The maximum Gasteiger partial charge on any atom is 0.275 e. The molecule has 0 aliphatic carbocycles. The smallest absolute Gasteiger partial charge is 0.275 e. The van der Waals surface area contributed by atoms with E-state index in [9.17, 15) is 4.79 Å². The number of rotatable bonds is 4. The topological polar surface area (TPSA) is 90.0 Å². The number of nitrogens with one attached hydrogen (secondary N) is 1. The van der Waals surface area contributed by atoms with Gasteiger partial charge in [-0.3, -0.25) is 4.79 Å². The Hall–Kier alpha value is -2.13. The highest BCUT2D eigenvalue weighted by Gasteiger charge is 2.20. The van der Waals surface area contributed by atoms with Crippen molar-refractivity contribution in [1.82, 2.24) is 34.7 Å². The lowest BCUT2D eigenvalue weighted by Gasteiger charge is -2.23. The fourth-order valence-corrected chi connectivity index (χ4v) is 3.84. The van der Waals surface area contributed by atoms with Gasteiger partial charge in [-0.2, -0.15) is 14.7 Å². The molecule has 0 amide bonds. The highest BCUT2D eigenvalue weighted by molar-refractivity contribution is 7.16. The largest absolute Gasteiger partial charge is 0.307 e. The van der Waals surface area contributed by atoms with Crippen molar-refractivity contribution in [1.29, 1.82) is 0 Å². The van der Waals surface area contributed by atoms with Crippen LogP contribution < -0.4 is 10.9 Å². The van der Waals surface area contributed by atoms with Crippen LogP contribution in [0.15, 0.2) is 10.9 Å². The molecule has 3 aromatic rings. The van der Waals surface area contributed by atoms with Crippen molar-refractivity contribution in [2.24, 2.45) is 0 Å². The van der Waals surface area contributed by atoms with E-state index in [1.807, 2.05) is 18.5 Å². The molecule has 0 bridgehead atoms. The number of hydrogen-bond donors (Lipinski definition) is 1. The van der Waals surface area contributed by atoms with Crippen molar-refractivity contribution in [2.45, 2.75) is 52.2 Å². The zero-order chi connectivity index (χ0) is 16.7. The van der Waals surface area contributed by atoms with Gasteiger partial charge in [-0.25, -0.2) is 14.6 Å². The van der Waals surface area contributed by atoms with E-state index >= 15 is 0 Å². The van der Waals surface area contributed by atoms with Crippen LogP contribution in [-0.2, 0) is 25.9 Å². The van der Waals surface area contributed by atoms with E-state index in [-0.39, 0.29) is 5.56 Å². The van der Waals surface area contributed by atoms with E-state index in [2.05, 4.69) is 25.5 Å². The minimum atomic E-state index is -0.120. The maximum atomic E-state index is 12.2. The first kappa shape index (κ1) is 15.4. The van der Waals surface area contributed by atoms with Crippen LogP contribution in [0.1, 0.15) is 35.7 Å². The van der Waals surface area contributed by atoms with Crippen LogP contribution in [0.5, 0.6) is 0 Å². The van der Waals surface area contributed by atoms with E-state index in [0.29, 0.717) is 17.5 Å². The summed E-state index contributed by atoms with van der Waals surface area (Å²) in [5.74, 6) is 1.88. The summed E-state index contributed by atoms with van der Waals surface area (Å²) in [6, 6.07) is 1.87. The first-order valence-electron chi connectivity index (χ1n) is 8.14. The summed E-state index contributed by atoms with van der Waals surface area (Å²) in [5, 5.41) is 13.1. The Morgan fingerprint density at radius 3 is 3.08 bits per heavy atom. The van der Waals surface area contributed by atoms with Gasteiger partial charge in [0.05, 0.1) is 12.2 Å². The summed E-state index contributed by atoms with van der Waals surface area (Å²) in [6.45, 7) is 5.31. The first-order valence-corrected chi connectivity index (χ1v) is 8.96. The van der Waals surface area contributed by atoms with Crippen LogP contribution in [-0.4, -0.2) is 35.4 Å². The van der Waals surface area contributed by atoms with Crippen molar-refractivity contribution in [3.63, 3.8) is 0 Å². The SMILES string of the molecule is CCc1nn2c(=O)cc(CN[C@H]3CCc4nc(C)nn4C3)nc2s1. The summed E-state index contributed by atoms with van der Waals surface area (Å²) in [6.07, 6.45) is 2.74. The van der Waals surface area contributed by atoms with Crippen LogP contribution >= 0.6 is 11.3 Å². The number of fused-ring (bicyclic) bond motifs is 2. The Morgan fingerprint density at radius 1 is 1.38 bits per heavy atom. The molecule has 126 valence electrons. The fraction of sp³-hybridized carbons (Fsp3) is 0.533. The van der Waals surface area contributed by atoms with Gasteiger partial charge in [-0.1, -0.05) is 18.3 Å². The summed E-state index contributed by atoms with van der Waals surface area (Å²) in [4.78, 5) is 21.8. The third kappa shape index (κ3) is 2.84. The van der Waals surface area contributed by atoms with Gasteiger partial charge in [0, 0.05) is 25.1 Å². The number of nitrogens with zero attached hydrogens (tertiary/aromatic N) is 6. The molecule has 4 rings (SSSR count). The normalized spacial score (nSPS) is 17.3. The van der Waals surface area contributed by atoms with Gasteiger partial charge in [0.2, 0.25) is 4.96 Å². The van der Waals surface area contributed by atoms with Gasteiger partial charge in [0.1, 0.15) is 16.7 Å². The van der Waals surface area contributed by atoms with Crippen LogP contribution in [0.4, 0.5) is 0 Å². The zero-order valence-electron chi connectivity index (χ0n) is 13.7. The van der Waals surface area contributed by atoms with E-state index in [1.165, 1.54) is 15.9 Å². The molecule has 4 heterocycles. The van der Waals surface area contributed by atoms with Gasteiger partial charge >= 0.3 is 0 Å². The van der Waals surface area contributed by atoms with Crippen LogP contribution in [0, 0.1) is 6.92 Å². The molecular formula is C15H19N7OS. The Morgan fingerprint density at radius 2 is 2.25 bits per heavy atom. The molecule has 1 aliphatic rings. The number of hydrogen-bond acceptors (Lipinski definition) is 7. The van der Waals surface area contributed by atoms with Gasteiger partial charge in [-0.05, 0) is 19.8 Å². The number of aryl methyl sites for hydroxylation is 3. The van der Waals surface area contributed by atoms with Crippen LogP contribution in [0.2, 0.25) is 0 Å². The fourth-order valence-electron chi connectivity index (χ4n) is 2.98. The minimum Gasteiger partial charge on any atom is -0.307 e. The van der Waals surface area contributed by atoms with Crippen molar-refractivity contribution in [3.8, 4) is 0 Å². The molecule has 0 spiro atoms. The zero-order valence-corrected chi connectivity index (χ0v) is 14.5. The lowest BCUT2D eigenvalue weighted by Crippen LogP contribution is -2.37. The lowest BCUT2D eigenvalue weighted by atomic mass is 10.1. The van der Waals surface area contributed by atoms with E-state index in [1.54, 1.807) is 6.07 Å². The highest BCUT2D eigenvalue weighted by atomic mass is 32.1. The molecule has 0 radical (unpaired) electrons. The van der Waals surface area contributed by atoms with Gasteiger partial charge in [0.15, 0.2) is 0 Å². The van der Waals surface area contributed by atoms with Crippen LogP contribution in [0.3, 0.4) is 0 Å². The van der Waals surface area contributed by atoms with Crippen molar-refractivity contribution in [2.75, 3.05) is 0 Å². The average molecular weight is 345 g/mol. The average Bonchev–Trinajstić information content (AvgIpc) is 3.14. The standard InChI is InChI=1S/C15H19N7OS/c1-3-13-20-22-14(23)6-11(18-15(22)24-13)7-16-10-4-5-12-17-9(2)19-21(12)8-10/h6,10,16H,3-5,7-8H2,1-2H3/t10-/m0/s1. The monoisotopic (exact) mass is 345 g/mol. The quantitative estimate of drug-likeness (QED) is 0.749. The van der Waals surface area contributed by atoms with Gasteiger partial charge < -0.3 is 5.32 Å². The summed E-state index contributed by atoms with van der Waals surface area (Å²) in [5.41, 5.74) is 0.637. The molecule has 0 aromatic carbocycles. The second-order valence-electron chi connectivity index (χ2n) is 6.00. The third-order valence-electron chi connectivity index (χ3n) is 4.18. The molecule has 1 aliphatic heterocycles. The first-order chi connectivity index (χ1) is 11.6. The molecule has 3 aromatic heterocycles. The Kier molecular flexibility index (Phi) is 3.89. The third-order valence-corrected chi connectivity index (χ3v) is 5.23. The van der Waals surface area contributed by atoms with Crippen molar-refractivity contribution in [3.05, 3.63) is 38.8 Å². The van der Waals surface area contributed by atoms with Crippen LogP contribution in [0.25, 0.3) is 4.96 Å². The summed E-state index contributed by atoms with van der Waals surface area (Å²) >= 11 is 1.47. The lowest BCUT2D eigenvalue weighted by molar-refractivity contribution is 0.356. The van der Waals surface area contributed by atoms with Gasteiger partial charge in [0.25, 0.3) is 5.56 Å². The molecule has 0 saturated heterocycles. The second-order valence-corrected chi connectivity index (χ2v) is 7.04. The Bertz CT molecular complexity index is 941. The second kappa shape index (κ2) is 6.06. The molecule has 8 nitrogen and oxygen atoms in total. The highest BCUT2D eigenvalue weighted by Crippen LogP contribution is 2.14. The van der Waals surface area contributed by atoms with E-state index in [0.717, 1.165) is 48.2 Å². The number of aromatic nitrogens is 6. The van der Waals surface area contributed by atoms with E-state index in [4.69, 9.17) is 0 Å². The Labute approximate surface area is 142 Å². The molecule has 0 unspecified atom stereocenters. The molecule has 24 heavy (non-hydrogen) atoms. The Balaban J connectivity index is 1.48. The molecule has 1 atom stereocenters. The van der Waals surface area contributed by atoms with Crippen molar-refractivity contribution >= 4 is 16.3 Å². The summed E-state index contributed by atoms with van der Waals surface area (Å²) < 4.78 is 3.36. The van der Waals surface area contributed by atoms with Crippen molar-refractivity contribution < 1.29 is 0 Å². The molecule has 0 saturated carbocycles. The molecule has 1 N–H and O–H groups in total. The molecular weight excluding hydrogens is 326 g/mol. The van der Waals surface area contributed by atoms with E-state index < -0.39 is 0 Å². The predicted molar refractivity (Wildman–Crippen MR) is 90.2 cm³/mol. The molecule has 0 fully saturated rings. The minimum absolute atomic E-state index is 0.120. The predicted octanol–water partition coefficient (Wildman–Crippen LogP) is 0.718. The summed E-state index contributed by atoms with van der Waals surface area (Å²) in [7, 11) is 0. The molecule has 9 heteroatoms.